The predicted molar refractivity (Wildman–Crippen MR) is 99.5 cm³/mol. The van der Waals surface area contributed by atoms with Crippen LogP contribution >= 0.6 is 0 Å². The zero-order valence-electron chi connectivity index (χ0n) is 15.4. The second-order valence-electron chi connectivity index (χ2n) is 6.14. The van der Waals surface area contributed by atoms with Crippen LogP contribution in [-0.2, 0) is 19.4 Å². The first-order valence-corrected chi connectivity index (χ1v) is 9.87. The Kier molecular flexibility index (Phi) is 6.14. The first kappa shape index (κ1) is 21.0. The van der Waals surface area contributed by atoms with E-state index in [0.29, 0.717) is 5.56 Å². The minimum absolute atomic E-state index is 0.244. The van der Waals surface area contributed by atoms with E-state index in [9.17, 15) is 28.1 Å². The number of ether oxygens (including phenoxy) is 1. The predicted octanol–water partition coefficient (Wildman–Crippen LogP) is 1.98. The van der Waals surface area contributed by atoms with E-state index in [0.717, 1.165) is 24.5 Å². The van der Waals surface area contributed by atoms with Gasteiger partial charge in [-0.25, -0.2) is 13.2 Å². The van der Waals surface area contributed by atoms with E-state index in [1.807, 2.05) is 0 Å². The van der Waals surface area contributed by atoms with Gasteiger partial charge in [-0.05, 0) is 12.1 Å². The van der Waals surface area contributed by atoms with E-state index in [4.69, 9.17) is 4.74 Å². The van der Waals surface area contributed by atoms with Crippen LogP contribution in [-0.4, -0.2) is 50.5 Å². The van der Waals surface area contributed by atoms with Crippen LogP contribution in [0, 0.1) is 10.1 Å². The van der Waals surface area contributed by atoms with Gasteiger partial charge in [0.25, 0.3) is 11.6 Å². The molecule has 0 fully saturated rings. The quantitative estimate of drug-likeness (QED) is 0.408. The van der Waals surface area contributed by atoms with Gasteiger partial charge < -0.3 is 9.64 Å². The lowest BCUT2D eigenvalue weighted by atomic mass is 10.1. The Morgan fingerprint density at radius 2 is 1.71 bits per heavy atom. The smallest absolute Gasteiger partial charge is 0.339 e. The number of carbonyl (C=O) groups is 2. The van der Waals surface area contributed by atoms with Crippen molar-refractivity contribution in [3.8, 4) is 0 Å². The summed E-state index contributed by atoms with van der Waals surface area (Å²) in [7, 11) is -0.870. The maximum atomic E-state index is 12.5. The standard InChI is InChI=1S/C18H18N2O7S/c1-19(2)17(21)16(12-7-5-4-6-8-12)27-18(22)13-9-10-15(28(3,25)26)14(11-13)20(23)24/h4-11,16H,1-3H3/t16-/m0/s1. The summed E-state index contributed by atoms with van der Waals surface area (Å²) in [6.45, 7) is 0. The molecule has 0 unspecified atom stereocenters. The summed E-state index contributed by atoms with van der Waals surface area (Å²) < 4.78 is 28.7. The summed E-state index contributed by atoms with van der Waals surface area (Å²) in [5, 5.41) is 11.2. The lowest BCUT2D eigenvalue weighted by Gasteiger charge is -2.21. The molecule has 2 aromatic rings. The van der Waals surface area contributed by atoms with Gasteiger partial charge in [0.1, 0.15) is 4.90 Å². The van der Waals surface area contributed by atoms with Crippen molar-refractivity contribution in [2.45, 2.75) is 11.0 Å². The Morgan fingerprint density at radius 3 is 2.21 bits per heavy atom. The Morgan fingerprint density at radius 1 is 1.11 bits per heavy atom. The van der Waals surface area contributed by atoms with E-state index >= 15 is 0 Å². The fraction of sp³-hybridized carbons (Fsp3) is 0.222. The Labute approximate surface area is 161 Å². The van der Waals surface area contributed by atoms with Crippen molar-refractivity contribution in [3.63, 3.8) is 0 Å². The van der Waals surface area contributed by atoms with E-state index in [1.54, 1.807) is 30.3 Å². The van der Waals surface area contributed by atoms with Crippen molar-refractivity contribution in [3.05, 3.63) is 69.8 Å². The molecule has 0 aliphatic rings. The third-order valence-corrected chi connectivity index (χ3v) is 4.93. The molecular formula is C18H18N2O7S. The average molecular weight is 406 g/mol. The van der Waals surface area contributed by atoms with Crippen molar-refractivity contribution in [2.75, 3.05) is 20.4 Å². The van der Waals surface area contributed by atoms with Gasteiger partial charge in [0, 0.05) is 32.0 Å². The molecule has 0 bridgehead atoms. The van der Waals surface area contributed by atoms with Crippen LogP contribution in [0.15, 0.2) is 53.4 Å². The Bertz CT molecular complexity index is 1020. The SMILES string of the molecule is CN(C)C(=O)[C@@H](OC(=O)c1ccc(S(C)(=O)=O)c([N+](=O)[O-])c1)c1ccccc1. The Hall–Kier alpha value is -3.27. The number of hydrogen-bond acceptors (Lipinski definition) is 7. The highest BCUT2D eigenvalue weighted by molar-refractivity contribution is 7.90. The van der Waals surface area contributed by atoms with Gasteiger partial charge in [0.05, 0.1) is 10.5 Å². The summed E-state index contributed by atoms with van der Waals surface area (Å²) in [4.78, 5) is 36.0. The molecular weight excluding hydrogens is 388 g/mol. The zero-order chi connectivity index (χ0) is 21.1. The van der Waals surface area contributed by atoms with Crippen LogP contribution in [0.1, 0.15) is 22.0 Å². The number of benzene rings is 2. The molecule has 0 aliphatic heterocycles. The molecule has 148 valence electrons. The van der Waals surface area contributed by atoms with Crippen molar-refractivity contribution in [1.29, 1.82) is 0 Å². The van der Waals surface area contributed by atoms with Crippen LogP contribution < -0.4 is 0 Å². The third-order valence-electron chi connectivity index (χ3n) is 3.78. The molecule has 9 nitrogen and oxygen atoms in total. The summed E-state index contributed by atoms with van der Waals surface area (Å²) >= 11 is 0. The number of amides is 1. The minimum Gasteiger partial charge on any atom is -0.444 e. The number of likely N-dealkylation sites (N-methyl/N-ethyl adjacent to an activating group) is 1. The molecule has 1 amide bonds. The molecule has 0 radical (unpaired) electrons. The molecule has 1 atom stereocenters. The fourth-order valence-corrected chi connectivity index (χ4v) is 3.23. The molecule has 0 N–H and O–H groups in total. The molecule has 2 aromatic carbocycles. The van der Waals surface area contributed by atoms with E-state index in [-0.39, 0.29) is 5.56 Å². The van der Waals surface area contributed by atoms with Gasteiger partial charge >= 0.3 is 5.97 Å². The molecule has 10 heteroatoms. The van der Waals surface area contributed by atoms with Crippen LogP contribution in [0.4, 0.5) is 5.69 Å². The Balaban J connectivity index is 2.42. The van der Waals surface area contributed by atoms with Crippen molar-refractivity contribution < 1.29 is 27.7 Å². The highest BCUT2D eigenvalue weighted by Crippen LogP contribution is 2.27. The molecule has 0 aromatic heterocycles. The number of carbonyl (C=O) groups excluding carboxylic acids is 2. The van der Waals surface area contributed by atoms with Gasteiger partial charge in [-0.2, -0.15) is 0 Å². The molecule has 28 heavy (non-hydrogen) atoms. The van der Waals surface area contributed by atoms with Gasteiger partial charge in [0.15, 0.2) is 9.84 Å². The number of rotatable bonds is 6. The van der Waals surface area contributed by atoms with E-state index in [2.05, 4.69) is 0 Å². The molecule has 0 saturated carbocycles. The number of nitro benzene ring substituents is 1. The van der Waals surface area contributed by atoms with Gasteiger partial charge in [-0.1, -0.05) is 30.3 Å². The van der Waals surface area contributed by atoms with Gasteiger partial charge in [-0.3, -0.25) is 14.9 Å². The number of sulfone groups is 1. The van der Waals surface area contributed by atoms with Crippen LogP contribution in [0.3, 0.4) is 0 Å². The highest BCUT2D eigenvalue weighted by atomic mass is 32.2. The summed E-state index contributed by atoms with van der Waals surface area (Å²) in [6.07, 6.45) is -0.425. The van der Waals surface area contributed by atoms with E-state index < -0.39 is 43.3 Å². The fourth-order valence-electron chi connectivity index (χ4n) is 2.40. The zero-order valence-corrected chi connectivity index (χ0v) is 16.2. The van der Waals surface area contributed by atoms with Crippen LogP contribution in [0.25, 0.3) is 0 Å². The molecule has 0 saturated heterocycles. The molecule has 0 heterocycles. The topological polar surface area (TPSA) is 124 Å². The second-order valence-corrected chi connectivity index (χ2v) is 8.12. The summed E-state index contributed by atoms with van der Waals surface area (Å²) in [6, 6.07) is 11.2. The van der Waals surface area contributed by atoms with Gasteiger partial charge in [0.2, 0.25) is 6.10 Å². The third kappa shape index (κ3) is 4.71. The minimum atomic E-state index is -3.87. The number of nitro groups is 1. The van der Waals surface area contributed by atoms with Crippen molar-refractivity contribution in [1.82, 2.24) is 4.90 Å². The number of esters is 1. The lowest BCUT2D eigenvalue weighted by Crippen LogP contribution is -2.31. The maximum absolute atomic E-state index is 12.5. The average Bonchev–Trinajstić information content (AvgIpc) is 2.64. The molecule has 0 aliphatic carbocycles. The monoisotopic (exact) mass is 406 g/mol. The van der Waals surface area contributed by atoms with Gasteiger partial charge in [-0.15, -0.1) is 0 Å². The second kappa shape index (κ2) is 8.17. The normalized spacial score (nSPS) is 12.1. The lowest BCUT2D eigenvalue weighted by molar-refractivity contribution is -0.387. The van der Waals surface area contributed by atoms with Crippen molar-refractivity contribution >= 4 is 27.4 Å². The highest BCUT2D eigenvalue weighted by Gasteiger charge is 2.29. The maximum Gasteiger partial charge on any atom is 0.339 e. The first-order chi connectivity index (χ1) is 13.0. The van der Waals surface area contributed by atoms with Crippen molar-refractivity contribution in [2.24, 2.45) is 0 Å². The molecule has 0 spiro atoms. The number of nitrogens with zero attached hydrogens (tertiary/aromatic N) is 2. The largest absolute Gasteiger partial charge is 0.444 e. The van der Waals surface area contributed by atoms with Crippen LogP contribution in [0.5, 0.6) is 0 Å². The number of hydrogen-bond donors (Lipinski definition) is 0. The first-order valence-electron chi connectivity index (χ1n) is 7.98. The van der Waals surface area contributed by atoms with E-state index in [1.165, 1.54) is 19.0 Å². The molecule has 2 rings (SSSR count). The van der Waals surface area contributed by atoms with Crippen LogP contribution in [0.2, 0.25) is 0 Å². The summed E-state index contributed by atoms with van der Waals surface area (Å²) in [5.41, 5.74) is -0.560. The summed E-state index contributed by atoms with van der Waals surface area (Å²) in [5.74, 6) is -1.49.